The standard InChI is InChI=1S/C34H38N2O5/c1-23(2)26-7-9-27(10-8-26)31-30(33(38)34(39)36(31)16-15-35-17-19-40-20-18-35)32(37)28-11-13-29(14-12-28)41-22-25-6-4-5-24(3)21-25/h4-14,21,23,31,37H,15-20,22H2,1-3H3/b32-30+. The van der Waals surface area contributed by atoms with Crippen molar-refractivity contribution >= 4 is 17.4 Å². The number of ether oxygens (including phenoxy) is 2. The zero-order chi connectivity index (χ0) is 28.9. The SMILES string of the molecule is Cc1cccc(COc2ccc(/C(O)=C3\C(=O)C(=O)N(CCN4CCOCC4)C3c3ccc(C(C)C)cc3)cc2)c1. The molecule has 1 atom stereocenters. The smallest absolute Gasteiger partial charge is 0.295 e. The molecule has 7 nitrogen and oxygen atoms in total. The van der Waals surface area contributed by atoms with Gasteiger partial charge in [-0.1, -0.05) is 67.9 Å². The zero-order valence-electron chi connectivity index (χ0n) is 24.0. The number of hydrogen-bond acceptors (Lipinski definition) is 6. The van der Waals surface area contributed by atoms with Crippen LogP contribution in [0.1, 0.15) is 53.6 Å². The van der Waals surface area contributed by atoms with E-state index in [2.05, 4.69) is 24.8 Å². The van der Waals surface area contributed by atoms with E-state index in [0.717, 1.165) is 24.2 Å². The lowest BCUT2D eigenvalue weighted by atomic mass is 9.93. The number of carbonyl (C=O) groups excluding carboxylic acids is 2. The van der Waals surface area contributed by atoms with Crippen molar-refractivity contribution in [2.75, 3.05) is 39.4 Å². The van der Waals surface area contributed by atoms with E-state index in [1.54, 1.807) is 29.2 Å². The van der Waals surface area contributed by atoms with Crippen molar-refractivity contribution < 1.29 is 24.2 Å². The van der Waals surface area contributed by atoms with Crippen LogP contribution >= 0.6 is 0 Å². The molecule has 2 aliphatic heterocycles. The van der Waals surface area contributed by atoms with Crippen LogP contribution in [-0.4, -0.2) is 66.0 Å². The van der Waals surface area contributed by atoms with E-state index in [0.29, 0.717) is 50.1 Å². The van der Waals surface area contributed by atoms with Crippen molar-refractivity contribution in [2.24, 2.45) is 0 Å². The number of carbonyl (C=O) groups is 2. The largest absolute Gasteiger partial charge is 0.507 e. The third kappa shape index (κ3) is 6.53. The van der Waals surface area contributed by atoms with Crippen LogP contribution in [0.2, 0.25) is 0 Å². The van der Waals surface area contributed by atoms with Gasteiger partial charge in [0.15, 0.2) is 0 Å². The third-order valence-corrected chi connectivity index (χ3v) is 7.84. The number of nitrogens with zero attached hydrogens (tertiary/aromatic N) is 2. The number of likely N-dealkylation sites (tertiary alicyclic amines) is 1. The van der Waals surface area contributed by atoms with Gasteiger partial charge in [-0.3, -0.25) is 14.5 Å². The Morgan fingerprint density at radius 1 is 0.976 bits per heavy atom. The second-order valence-corrected chi connectivity index (χ2v) is 11.1. The van der Waals surface area contributed by atoms with E-state index >= 15 is 0 Å². The monoisotopic (exact) mass is 554 g/mol. The number of amides is 1. The van der Waals surface area contributed by atoms with Crippen LogP contribution in [0.15, 0.2) is 78.4 Å². The summed E-state index contributed by atoms with van der Waals surface area (Å²) in [5.74, 6) is -0.434. The maximum atomic E-state index is 13.4. The summed E-state index contributed by atoms with van der Waals surface area (Å²) in [7, 11) is 0. The van der Waals surface area contributed by atoms with Gasteiger partial charge >= 0.3 is 0 Å². The first-order valence-corrected chi connectivity index (χ1v) is 14.3. The van der Waals surface area contributed by atoms with Gasteiger partial charge in [0.05, 0.1) is 24.8 Å². The van der Waals surface area contributed by atoms with E-state index in [-0.39, 0.29) is 11.3 Å². The highest BCUT2D eigenvalue weighted by molar-refractivity contribution is 6.46. The summed E-state index contributed by atoms with van der Waals surface area (Å²) in [4.78, 5) is 30.6. The van der Waals surface area contributed by atoms with Crippen LogP contribution in [0.3, 0.4) is 0 Å². The topological polar surface area (TPSA) is 79.3 Å². The highest BCUT2D eigenvalue weighted by atomic mass is 16.5. The minimum Gasteiger partial charge on any atom is -0.507 e. The Morgan fingerprint density at radius 2 is 1.68 bits per heavy atom. The van der Waals surface area contributed by atoms with Gasteiger partial charge < -0.3 is 19.5 Å². The Morgan fingerprint density at radius 3 is 2.34 bits per heavy atom. The Bertz CT molecular complexity index is 1410. The van der Waals surface area contributed by atoms with E-state index in [9.17, 15) is 14.7 Å². The van der Waals surface area contributed by atoms with Crippen molar-refractivity contribution in [3.63, 3.8) is 0 Å². The maximum Gasteiger partial charge on any atom is 0.295 e. The first kappa shape index (κ1) is 28.6. The summed E-state index contributed by atoms with van der Waals surface area (Å²) in [6.07, 6.45) is 0. The molecule has 3 aromatic rings. The molecule has 214 valence electrons. The minimum absolute atomic E-state index is 0.114. The summed E-state index contributed by atoms with van der Waals surface area (Å²) in [5, 5.41) is 11.5. The molecule has 2 fully saturated rings. The quantitative estimate of drug-likeness (QED) is 0.215. The number of rotatable bonds is 9. The first-order valence-electron chi connectivity index (χ1n) is 14.3. The fraction of sp³-hybridized carbons (Fsp3) is 0.353. The summed E-state index contributed by atoms with van der Waals surface area (Å²) in [6, 6.07) is 22.4. The van der Waals surface area contributed by atoms with Crippen LogP contribution < -0.4 is 4.74 Å². The number of morpholine rings is 1. The number of hydrogen-bond donors (Lipinski definition) is 1. The van der Waals surface area contributed by atoms with Crippen molar-refractivity contribution in [2.45, 2.75) is 39.3 Å². The fourth-order valence-corrected chi connectivity index (χ4v) is 5.43. The molecular weight excluding hydrogens is 516 g/mol. The van der Waals surface area contributed by atoms with Gasteiger partial charge in [-0.15, -0.1) is 0 Å². The van der Waals surface area contributed by atoms with Gasteiger partial charge in [0.1, 0.15) is 18.1 Å². The molecular formula is C34H38N2O5. The molecule has 0 aliphatic carbocycles. The van der Waals surface area contributed by atoms with Gasteiger partial charge in [-0.25, -0.2) is 0 Å². The molecule has 41 heavy (non-hydrogen) atoms. The summed E-state index contributed by atoms with van der Waals surface area (Å²) in [5.41, 5.74) is 4.78. The molecule has 1 amide bonds. The average molecular weight is 555 g/mol. The average Bonchev–Trinajstić information content (AvgIpc) is 3.24. The maximum absolute atomic E-state index is 13.4. The molecule has 0 aromatic heterocycles. The molecule has 0 bridgehead atoms. The fourth-order valence-electron chi connectivity index (χ4n) is 5.43. The molecule has 1 N–H and O–H groups in total. The Kier molecular flexibility index (Phi) is 8.86. The van der Waals surface area contributed by atoms with Crippen LogP contribution in [0.5, 0.6) is 5.75 Å². The molecule has 2 heterocycles. The molecule has 0 radical (unpaired) electrons. The van der Waals surface area contributed by atoms with Crippen LogP contribution in [0, 0.1) is 6.92 Å². The van der Waals surface area contributed by atoms with Crippen molar-refractivity contribution in [3.05, 3.63) is 106 Å². The number of aryl methyl sites for hydroxylation is 1. The predicted molar refractivity (Wildman–Crippen MR) is 159 cm³/mol. The minimum atomic E-state index is -0.672. The molecule has 2 saturated heterocycles. The lowest BCUT2D eigenvalue weighted by molar-refractivity contribution is -0.140. The van der Waals surface area contributed by atoms with E-state index in [1.807, 2.05) is 49.4 Å². The second kappa shape index (κ2) is 12.7. The lowest BCUT2D eigenvalue weighted by Crippen LogP contribution is -2.42. The summed E-state index contributed by atoms with van der Waals surface area (Å²) < 4.78 is 11.4. The summed E-state index contributed by atoms with van der Waals surface area (Å²) in [6.45, 7) is 10.6. The van der Waals surface area contributed by atoms with Crippen molar-refractivity contribution in [3.8, 4) is 5.75 Å². The second-order valence-electron chi connectivity index (χ2n) is 11.1. The molecule has 3 aromatic carbocycles. The van der Waals surface area contributed by atoms with E-state index < -0.39 is 17.7 Å². The number of benzene rings is 3. The number of aliphatic hydroxyl groups is 1. The molecule has 0 saturated carbocycles. The Balaban J connectivity index is 1.42. The van der Waals surface area contributed by atoms with E-state index in [4.69, 9.17) is 9.47 Å². The third-order valence-electron chi connectivity index (χ3n) is 7.84. The molecule has 5 rings (SSSR count). The first-order chi connectivity index (χ1) is 19.8. The molecule has 2 aliphatic rings. The zero-order valence-corrected chi connectivity index (χ0v) is 24.0. The number of aliphatic hydroxyl groups excluding tert-OH is 1. The van der Waals surface area contributed by atoms with Crippen LogP contribution in [0.4, 0.5) is 0 Å². The Labute approximate surface area is 242 Å². The van der Waals surface area contributed by atoms with Gasteiger partial charge in [0.2, 0.25) is 0 Å². The van der Waals surface area contributed by atoms with Crippen LogP contribution in [-0.2, 0) is 20.9 Å². The highest BCUT2D eigenvalue weighted by Gasteiger charge is 2.46. The summed E-state index contributed by atoms with van der Waals surface area (Å²) >= 11 is 0. The number of Topliss-reactive ketones (excluding diaryl/α,β-unsaturated/α-hetero) is 1. The van der Waals surface area contributed by atoms with Crippen molar-refractivity contribution in [1.82, 2.24) is 9.80 Å². The number of ketones is 1. The molecule has 0 spiro atoms. The van der Waals surface area contributed by atoms with Gasteiger partial charge in [0.25, 0.3) is 11.7 Å². The van der Waals surface area contributed by atoms with E-state index in [1.165, 1.54) is 11.1 Å². The van der Waals surface area contributed by atoms with Gasteiger partial charge in [0, 0.05) is 31.7 Å². The van der Waals surface area contributed by atoms with Crippen molar-refractivity contribution in [1.29, 1.82) is 0 Å². The normalized spacial score (nSPS) is 19.2. The predicted octanol–water partition coefficient (Wildman–Crippen LogP) is 5.45. The molecule has 1 unspecified atom stereocenters. The van der Waals surface area contributed by atoms with Gasteiger partial charge in [-0.05, 0) is 53.8 Å². The van der Waals surface area contributed by atoms with Gasteiger partial charge in [-0.2, -0.15) is 0 Å². The highest BCUT2D eigenvalue weighted by Crippen LogP contribution is 2.40. The van der Waals surface area contributed by atoms with Crippen LogP contribution in [0.25, 0.3) is 5.76 Å². The Hall–Kier alpha value is -3.94. The molecule has 7 heteroatoms. The lowest BCUT2D eigenvalue weighted by Gasteiger charge is -2.31.